The maximum absolute atomic E-state index is 11.9. The molecule has 2 aromatic carbocycles. The standard InChI is InChI=1S/C19H20BrN3O2/c1-13-3-5-15(6-4-13)14(2)22-23-19(25)12-11-18(24)21-17-9-7-16(20)8-10-17/h3-10H,11-12H2,1-2H3,(H,21,24)(H,23,25)/b22-14-. The van der Waals surface area contributed by atoms with Crippen molar-refractivity contribution in [3.8, 4) is 0 Å². The van der Waals surface area contributed by atoms with Crippen LogP contribution in [0.5, 0.6) is 0 Å². The Balaban J connectivity index is 1.77. The molecule has 5 nitrogen and oxygen atoms in total. The topological polar surface area (TPSA) is 70.6 Å². The van der Waals surface area contributed by atoms with E-state index in [1.165, 1.54) is 0 Å². The van der Waals surface area contributed by atoms with Crippen molar-refractivity contribution >= 4 is 39.1 Å². The number of hydrazone groups is 1. The number of rotatable bonds is 6. The first kappa shape index (κ1) is 18.9. The van der Waals surface area contributed by atoms with E-state index >= 15 is 0 Å². The molecule has 0 atom stereocenters. The molecule has 2 amide bonds. The van der Waals surface area contributed by atoms with Gasteiger partial charge in [0.05, 0.1) is 5.71 Å². The zero-order valence-corrected chi connectivity index (χ0v) is 15.8. The monoisotopic (exact) mass is 401 g/mol. The van der Waals surface area contributed by atoms with Gasteiger partial charge < -0.3 is 5.32 Å². The van der Waals surface area contributed by atoms with E-state index in [2.05, 4.69) is 31.8 Å². The molecule has 2 N–H and O–H groups in total. The summed E-state index contributed by atoms with van der Waals surface area (Å²) in [5, 5.41) is 6.82. The van der Waals surface area contributed by atoms with E-state index in [-0.39, 0.29) is 24.7 Å². The van der Waals surface area contributed by atoms with E-state index in [1.807, 2.05) is 50.2 Å². The highest BCUT2D eigenvalue weighted by Crippen LogP contribution is 2.14. The molecule has 0 saturated heterocycles. The number of aryl methyl sites for hydroxylation is 1. The third kappa shape index (κ3) is 6.51. The maximum Gasteiger partial charge on any atom is 0.240 e. The van der Waals surface area contributed by atoms with Crippen LogP contribution in [0.25, 0.3) is 0 Å². The summed E-state index contributed by atoms with van der Waals surface area (Å²) >= 11 is 3.33. The summed E-state index contributed by atoms with van der Waals surface area (Å²) in [5.41, 5.74) is 6.00. The van der Waals surface area contributed by atoms with Crippen LogP contribution in [0.4, 0.5) is 5.69 Å². The number of hydrogen-bond acceptors (Lipinski definition) is 3. The third-order valence-corrected chi connectivity index (χ3v) is 4.05. The fraction of sp³-hybridized carbons (Fsp3) is 0.211. The number of nitrogens with zero attached hydrogens (tertiary/aromatic N) is 1. The first-order valence-electron chi connectivity index (χ1n) is 7.89. The summed E-state index contributed by atoms with van der Waals surface area (Å²) in [6.07, 6.45) is 0.175. The summed E-state index contributed by atoms with van der Waals surface area (Å²) in [5.74, 6) is -0.505. The van der Waals surface area contributed by atoms with E-state index in [0.717, 1.165) is 15.6 Å². The molecule has 0 aromatic heterocycles. The molecule has 0 aliphatic heterocycles. The number of carbonyl (C=O) groups excluding carboxylic acids is 2. The molecule has 0 aliphatic carbocycles. The van der Waals surface area contributed by atoms with Gasteiger partial charge in [0.15, 0.2) is 0 Å². The smallest absolute Gasteiger partial charge is 0.240 e. The van der Waals surface area contributed by atoms with Crippen LogP contribution in [-0.2, 0) is 9.59 Å². The Morgan fingerprint density at radius 3 is 2.20 bits per heavy atom. The first-order valence-corrected chi connectivity index (χ1v) is 8.69. The lowest BCUT2D eigenvalue weighted by atomic mass is 10.1. The van der Waals surface area contributed by atoms with Gasteiger partial charge in [-0.2, -0.15) is 5.10 Å². The molecular weight excluding hydrogens is 382 g/mol. The van der Waals surface area contributed by atoms with Crippen LogP contribution in [0, 0.1) is 6.92 Å². The fourth-order valence-corrected chi connectivity index (χ4v) is 2.31. The van der Waals surface area contributed by atoms with Crippen molar-refractivity contribution < 1.29 is 9.59 Å². The van der Waals surface area contributed by atoms with Crippen molar-refractivity contribution in [2.45, 2.75) is 26.7 Å². The van der Waals surface area contributed by atoms with E-state index in [1.54, 1.807) is 12.1 Å². The van der Waals surface area contributed by atoms with Gasteiger partial charge in [0, 0.05) is 23.0 Å². The minimum atomic E-state index is -0.294. The Morgan fingerprint density at radius 2 is 1.56 bits per heavy atom. The Morgan fingerprint density at radius 1 is 0.960 bits per heavy atom. The maximum atomic E-state index is 11.9. The van der Waals surface area contributed by atoms with E-state index in [4.69, 9.17) is 0 Å². The predicted molar refractivity (Wildman–Crippen MR) is 104 cm³/mol. The van der Waals surface area contributed by atoms with Crippen molar-refractivity contribution in [2.75, 3.05) is 5.32 Å². The molecule has 130 valence electrons. The average molecular weight is 402 g/mol. The summed E-state index contributed by atoms with van der Waals surface area (Å²) in [6.45, 7) is 3.84. The Kier molecular flexibility index (Phi) is 6.89. The number of hydrogen-bond donors (Lipinski definition) is 2. The van der Waals surface area contributed by atoms with Crippen molar-refractivity contribution in [1.29, 1.82) is 0 Å². The minimum absolute atomic E-state index is 0.0764. The number of anilines is 1. The predicted octanol–water partition coefficient (Wildman–Crippen LogP) is 4.02. The highest BCUT2D eigenvalue weighted by molar-refractivity contribution is 9.10. The normalized spacial score (nSPS) is 11.1. The number of halogens is 1. The second kappa shape index (κ2) is 9.13. The van der Waals surface area contributed by atoms with Crippen LogP contribution in [0.3, 0.4) is 0 Å². The second-order valence-electron chi connectivity index (χ2n) is 5.65. The van der Waals surface area contributed by atoms with E-state index in [0.29, 0.717) is 11.4 Å². The van der Waals surface area contributed by atoms with Crippen LogP contribution in [0.2, 0.25) is 0 Å². The van der Waals surface area contributed by atoms with Gasteiger partial charge in [-0.1, -0.05) is 45.8 Å². The summed E-state index contributed by atoms with van der Waals surface area (Å²) in [7, 11) is 0. The number of nitrogens with one attached hydrogen (secondary N) is 2. The molecule has 0 spiro atoms. The molecule has 2 aromatic rings. The Hall–Kier alpha value is -2.47. The van der Waals surface area contributed by atoms with Crippen LogP contribution in [-0.4, -0.2) is 17.5 Å². The summed E-state index contributed by atoms with van der Waals surface area (Å²) in [6, 6.07) is 15.1. The van der Waals surface area contributed by atoms with Crippen molar-refractivity contribution in [3.63, 3.8) is 0 Å². The molecular formula is C19H20BrN3O2. The van der Waals surface area contributed by atoms with Crippen molar-refractivity contribution in [3.05, 3.63) is 64.1 Å². The molecule has 0 bridgehead atoms. The van der Waals surface area contributed by atoms with E-state index < -0.39 is 0 Å². The zero-order chi connectivity index (χ0) is 18.2. The van der Waals surface area contributed by atoms with Gasteiger partial charge in [-0.05, 0) is 43.7 Å². The third-order valence-electron chi connectivity index (χ3n) is 3.52. The SMILES string of the molecule is C/C(=N/NC(=O)CCC(=O)Nc1ccc(Br)cc1)c1ccc(C)cc1. The number of amides is 2. The fourth-order valence-electron chi connectivity index (χ4n) is 2.05. The minimum Gasteiger partial charge on any atom is -0.326 e. The van der Waals surface area contributed by atoms with Crippen molar-refractivity contribution in [2.24, 2.45) is 5.10 Å². The van der Waals surface area contributed by atoms with Gasteiger partial charge in [0.1, 0.15) is 0 Å². The van der Waals surface area contributed by atoms with Gasteiger partial charge in [-0.15, -0.1) is 0 Å². The van der Waals surface area contributed by atoms with Crippen LogP contribution in [0.1, 0.15) is 30.9 Å². The average Bonchev–Trinajstić information content (AvgIpc) is 2.60. The quantitative estimate of drug-likeness (QED) is 0.566. The zero-order valence-electron chi connectivity index (χ0n) is 14.2. The van der Waals surface area contributed by atoms with Crippen LogP contribution in [0.15, 0.2) is 58.1 Å². The lowest BCUT2D eigenvalue weighted by molar-refractivity contribution is -0.124. The molecule has 0 aliphatic rings. The molecule has 0 radical (unpaired) electrons. The second-order valence-corrected chi connectivity index (χ2v) is 6.57. The largest absolute Gasteiger partial charge is 0.326 e. The summed E-state index contributed by atoms with van der Waals surface area (Å²) < 4.78 is 0.937. The van der Waals surface area contributed by atoms with Crippen molar-refractivity contribution in [1.82, 2.24) is 5.43 Å². The lowest BCUT2D eigenvalue weighted by Crippen LogP contribution is -2.21. The van der Waals surface area contributed by atoms with E-state index in [9.17, 15) is 9.59 Å². The van der Waals surface area contributed by atoms with Crippen LogP contribution < -0.4 is 10.7 Å². The van der Waals surface area contributed by atoms with Crippen LogP contribution >= 0.6 is 15.9 Å². The van der Waals surface area contributed by atoms with Gasteiger partial charge in [0.2, 0.25) is 11.8 Å². The Bertz CT molecular complexity index is 768. The molecule has 0 saturated carbocycles. The summed E-state index contributed by atoms with van der Waals surface area (Å²) in [4.78, 5) is 23.7. The van der Waals surface area contributed by atoms with Gasteiger partial charge in [-0.3, -0.25) is 9.59 Å². The molecule has 0 heterocycles. The number of carbonyl (C=O) groups is 2. The first-order chi connectivity index (χ1) is 11.9. The molecule has 25 heavy (non-hydrogen) atoms. The molecule has 0 fully saturated rings. The van der Waals surface area contributed by atoms with Gasteiger partial charge in [0.25, 0.3) is 0 Å². The van der Waals surface area contributed by atoms with Gasteiger partial charge >= 0.3 is 0 Å². The molecule has 0 unspecified atom stereocenters. The number of benzene rings is 2. The lowest BCUT2D eigenvalue weighted by Gasteiger charge is -2.05. The van der Waals surface area contributed by atoms with Gasteiger partial charge in [-0.25, -0.2) is 5.43 Å². The Labute approximate surface area is 155 Å². The highest BCUT2D eigenvalue weighted by Gasteiger charge is 2.07. The highest BCUT2D eigenvalue weighted by atomic mass is 79.9. The molecule has 6 heteroatoms. The molecule has 2 rings (SSSR count).